The van der Waals surface area contributed by atoms with Crippen LogP contribution < -0.4 is 15.8 Å². The molecule has 210 valence electrons. The van der Waals surface area contributed by atoms with E-state index in [0.717, 1.165) is 50.1 Å². The number of anilines is 1. The van der Waals surface area contributed by atoms with Gasteiger partial charge >= 0.3 is 0 Å². The van der Waals surface area contributed by atoms with Crippen LogP contribution in [0.1, 0.15) is 36.0 Å². The molecule has 4 rings (SSSR count). The molecular formula is C31H40N8O. The lowest BCUT2D eigenvalue weighted by molar-refractivity contribution is -0.119. The van der Waals surface area contributed by atoms with Gasteiger partial charge in [0.25, 0.3) is 0 Å². The minimum atomic E-state index is -0.135. The Hall–Kier alpha value is -4.08. The monoisotopic (exact) mass is 540 g/mol. The number of aliphatic imine (C=N–C) groups is 1. The van der Waals surface area contributed by atoms with Crippen LogP contribution in [0.2, 0.25) is 0 Å². The number of pyridine rings is 1. The molecule has 9 heteroatoms. The topological polar surface area (TPSA) is 90.7 Å². The molecular weight excluding hydrogens is 500 g/mol. The highest BCUT2D eigenvalue weighted by atomic mass is 16.1. The third-order valence-corrected chi connectivity index (χ3v) is 7.06. The second kappa shape index (κ2) is 14.3. The predicted molar refractivity (Wildman–Crippen MR) is 161 cm³/mol. The summed E-state index contributed by atoms with van der Waals surface area (Å²) < 4.78 is 1.66. The molecule has 2 N–H and O–H groups in total. The number of amides is 1. The van der Waals surface area contributed by atoms with Crippen molar-refractivity contribution in [2.24, 2.45) is 18.0 Å². The minimum absolute atomic E-state index is 0.135. The van der Waals surface area contributed by atoms with Crippen molar-refractivity contribution in [3.05, 3.63) is 96.2 Å². The summed E-state index contributed by atoms with van der Waals surface area (Å²) >= 11 is 0. The average Bonchev–Trinajstić information content (AvgIpc) is 3.30. The number of nitrogens with zero attached hydrogens (tertiary/aromatic N) is 6. The lowest BCUT2D eigenvalue weighted by Crippen LogP contribution is -2.43. The lowest BCUT2D eigenvalue weighted by atomic mass is 9.94. The van der Waals surface area contributed by atoms with Crippen molar-refractivity contribution >= 4 is 23.6 Å². The summed E-state index contributed by atoms with van der Waals surface area (Å²) in [7, 11) is 3.67. The molecule has 3 heterocycles. The number of aryl methyl sites for hydroxylation is 2. The first-order valence-electron chi connectivity index (χ1n) is 13.8. The standard InChI is InChI=1S/C31H40N8O/c1-5-16-34-31-27(21-35-37(31)4)20-30(40)36-29(39(32-3)28-11-8-24(2)9-12-28)13-10-25-7-6-19-38(22-25)23-26-14-17-33-18-15-26/h5,8-9,11-18,21,25,32H,1,6-7,10,19-20,22-23H2,2-4H3,(H,36,40)/b29-13-,34-16-. The molecule has 1 aromatic carbocycles. The summed E-state index contributed by atoms with van der Waals surface area (Å²) in [5.74, 6) is 1.71. The molecule has 9 nitrogen and oxygen atoms in total. The molecule has 1 saturated heterocycles. The first-order valence-corrected chi connectivity index (χ1v) is 13.8. The predicted octanol–water partition coefficient (Wildman–Crippen LogP) is 4.46. The van der Waals surface area contributed by atoms with Crippen molar-refractivity contribution in [1.82, 2.24) is 30.4 Å². The molecule has 0 aliphatic carbocycles. The van der Waals surface area contributed by atoms with E-state index < -0.39 is 0 Å². The van der Waals surface area contributed by atoms with E-state index in [1.807, 2.05) is 43.6 Å². The first-order chi connectivity index (χ1) is 19.5. The van der Waals surface area contributed by atoms with E-state index >= 15 is 0 Å². The van der Waals surface area contributed by atoms with Crippen molar-refractivity contribution in [3.63, 3.8) is 0 Å². The van der Waals surface area contributed by atoms with Gasteiger partial charge < -0.3 is 5.32 Å². The summed E-state index contributed by atoms with van der Waals surface area (Å²) in [5, 5.41) is 9.38. The van der Waals surface area contributed by atoms with E-state index in [2.05, 4.69) is 74.6 Å². The Bertz CT molecular complexity index is 1310. The highest BCUT2D eigenvalue weighted by Gasteiger charge is 2.21. The molecule has 1 atom stereocenters. The highest BCUT2D eigenvalue weighted by Crippen LogP contribution is 2.24. The number of piperidine rings is 1. The Morgan fingerprint density at radius 2 is 2.00 bits per heavy atom. The summed E-state index contributed by atoms with van der Waals surface area (Å²) in [4.78, 5) is 24.4. The van der Waals surface area contributed by atoms with Crippen molar-refractivity contribution in [1.29, 1.82) is 0 Å². The second-order valence-corrected chi connectivity index (χ2v) is 10.2. The molecule has 2 aromatic heterocycles. The smallest absolute Gasteiger partial charge is 0.230 e. The van der Waals surface area contributed by atoms with Crippen molar-refractivity contribution in [2.75, 3.05) is 25.1 Å². The maximum Gasteiger partial charge on any atom is 0.230 e. The lowest BCUT2D eigenvalue weighted by Gasteiger charge is -2.33. The SMILES string of the molecule is C=C/C=N\c1c(CC(=O)N/C(=C/CC2CCCN(Cc3ccncc3)C2)N(NC)c2ccc(C)cc2)cnn1C. The van der Waals surface area contributed by atoms with Gasteiger partial charge in [0.15, 0.2) is 5.82 Å². The number of hydrogen-bond acceptors (Lipinski definition) is 7. The van der Waals surface area contributed by atoms with Crippen LogP contribution in [0.3, 0.4) is 0 Å². The quantitative estimate of drug-likeness (QED) is 0.261. The van der Waals surface area contributed by atoms with Gasteiger partial charge in [-0.2, -0.15) is 5.10 Å². The molecule has 3 aromatic rings. The molecule has 40 heavy (non-hydrogen) atoms. The largest absolute Gasteiger partial charge is 0.311 e. The second-order valence-electron chi connectivity index (χ2n) is 10.2. The molecule has 0 spiro atoms. The van der Waals surface area contributed by atoms with E-state index in [9.17, 15) is 4.79 Å². The van der Waals surface area contributed by atoms with Crippen LogP contribution in [0.4, 0.5) is 11.5 Å². The number of carbonyl (C=O) groups excluding carboxylic acids is 1. The fourth-order valence-electron chi connectivity index (χ4n) is 5.04. The Morgan fingerprint density at radius 3 is 2.73 bits per heavy atom. The number of carbonyl (C=O) groups is 1. The number of rotatable bonds is 12. The number of aromatic nitrogens is 3. The number of hydrazine groups is 1. The van der Waals surface area contributed by atoms with E-state index in [-0.39, 0.29) is 12.3 Å². The summed E-state index contributed by atoms with van der Waals surface area (Å²) in [5.41, 5.74) is 7.42. The Labute approximate surface area is 237 Å². The van der Waals surface area contributed by atoms with Gasteiger partial charge in [-0.3, -0.25) is 24.4 Å². The number of benzene rings is 1. The van der Waals surface area contributed by atoms with Crippen LogP contribution in [0.5, 0.6) is 0 Å². The zero-order valence-corrected chi connectivity index (χ0v) is 23.8. The van der Waals surface area contributed by atoms with Crippen LogP contribution in [-0.2, 0) is 24.8 Å². The van der Waals surface area contributed by atoms with Crippen LogP contribution in [0.25, 0.3) is 0 Å². The number of hydrogen-bond donors (Lipinski definition) is 2. The minimum Gasteiger partial charge on any atom is -0.311 e. The third-order valence-electron chi connectivity index (χ3n) is 7.06. The van der Waals surface area contributed by atoms with Gasteiger partial charge in [-0.1, -0.05) is 30.4 Å². The number of likely N-dealkylation sites (tertiary alicyclic amines) is 1. The maximum absolute atomic E-state index is 13.3. The van der Waals surface area contributed by atoms with E-state index in [1.165, 1.54) is 11.1 Å². The number of allylic oxidation sites excluding steroid dienone is 2. The Balaban J connectivity index is 1.51. The molecule has 0 radical (unpaired) electrons. The van der Waals surface area contributed by atoms with Gasteiger partial charge in [0.1, 0.15) is 5.82 Å². The fraction of sp³-hybridized carbons (Fsp3) is 0.355. The average molecular weight is 541 g/mol. The van der Waals surface area contributed by atoms with Crippen molar-refractivity contribution in [2.45, 2.75) is 39.2 Å². The Morgan fingerprint density at radius 1 is 1.23 bits per heavy atom. The summed E-state index contributed by atoms with van der Waals surface area (Å²) in [6.45, 7) is 8.79. The van der Waals surface area contributed by atoms with Gasteiger partial charge in [-0.15, -0.1) is 0 Å². The first kappa shape index (κ1) is 28.9. The zero-order chi connectivity index (χ0) is 28.3. The van der Waals surface area contributed by atoms with Crippen LogP contribution in [0, 0.1) is 12.8 Å². The van der Waals surface area contributed by atoms with Gasteiger partial charge in [0.05, 0.1) is 18.3 Å². The van der Waals surface area contributed by atoms with E-state index in [1.54, 1.807) is 23.2 Å². The van der Waals surface area contributed by atoms with Crippen LogP contribution in [-0.4, -0.2) is 51.9 Å². The van der Waals surface area contributed by atoms with Gasteiger partial charge in [-0.05, 0) is 74.6 Å². The van der Waals surface area contributed by atoms with Crippen LogP contribution >= 0.6 is 0 Å². The molecule has 0 bridgehead atoms. The van der Waals surface area contributed by atoms with E-state index in [0.29, 0.717) is 17.6 Å². The summed E-state index contributed by atoms with van der Waals surface area (Å²) in [6.07, 6.45) is 14.1. The van der Waals surface area contributed by atoms with Crippen molar-refractivity contribution in [3.8, 4) is 0 Å². The molecule has 1 fully saturated rings. The van der Waals surface area contributed by atoms with Gasteiger partial charge in [-0.25, -0.2) is 10.4 Å². The van der Waals surface area contributed by atoms with E-state index in [4.69, 9.17) is 0 Å². The summed E-state index contributed by atoms with van der Waals surface area (Å²) in [6, 6.07) is 12.4. The fourth-order valence-corrected chi connectivity index (χ4v) is 5.04. The normalized spacial score (nSPS) is 16.3. The zero-order valence-electron chi connectivity index (χ0n) is 23.8. The maximum atomic E-state index is 13.3. The molecule has 1 amide bonds. The Kier molecular flexibility index (Phi) is 10.4. The van der Waals surface area contributed by atoms with Gasteiger partial charge in [0.2, 0.25) is 5.91 Å². The third kappa shape index (κ3) is 7.97. The van der Waals surface area contributed by atoms with Crippen LogP contribution in [0.15, 0.2) is 84.5 Å². The molecule has 1 aliphatic rings. The molecule has 0 saturated carbocycles. The molecule has 1 unspecified atom stereocenters. The number of nitrogens with one attached hydrogen (secondary N) is 2. The van der Waals surface area contributed by atoms with Gasteiger partial charge in [0, 0.05) is 51.4 Å². The molecule has 1 aliphatic heterocycles. The highest BCUT2D eigenvalue weighted by molar-refractivity contribution is 5.83. The van der Waals surface area contributed by atoms with Crippen molar-refractivity contribution < 1.29 is 4.79 Å².